The van der Waals surface area contributed by atoms with Gasteiger partial charge in [-0.05, 0) is 75.6 Å². The molecule has 0 saturated carbocycles. The summed E-state index contributed by atoms with van der Waals surface area (Å²) in [6.07, 6.45) is -3.28. The number of amides is 2. The van der Waals surface area contributed by atoms with Crippen molar-refractivity contribution in [3.63, 3.8) is 0 Å². The number of aliphatic carboxylic acids is 1. The summed E-state index contributed by atoms with van der Waals surface area (Å²) >= 11 is 0. The van der Waals surface area contributed by atoms with Gasteiger partial charge in [-0.15, -0.1) is 0 Å². The Balaban J connectivity index is 0.000000671. The molecule has 0 radical (unpaired) electrons. The first-order valence-electron chi connectivity index (χ1n) is 14.6. The van der Waals surface area contributed by atoms with Crippen LogP contribution in [0, 0.1) is 5.82 Å². The van der Waals surface area contributed by atoms with E-state index in [0.717, 1.165) is 36.9 Å². The topological polar surface area (TPSA) is 137 Å². The number of anilines is 3. The molecule has 5 rings (SSSR count). The Bertz CT molecular complexity index is 1720. The van der Waals surface area contributed by atoms with E-state index in [1.54, 1.807) is 42.2 Å². The van der Waals surface area contributed by atoms with Crippen LogP contribution in [-0.2, 0) is 18.0 Å². The lowest BCUT2D eigenvalue weighted by Gasteiger charge is -2.13. The van der Waals surface area contributed by atoms with Crippen LogP contribution < -0.4 is 16.0 Å². The number of likely N-dealkylation sites (tertiary alicyclic amines) is 1. The molecule has 11 nitrogen and oxygen atoms in total. The molecule has 1 aliphatic rings. The third-order valence-electron chi connectivity index (χ3n) is 7.16. The number of alkyl halides is 6. The Kier molecular flexibility index (Phi) is 11.4. The molecule has 4 N–H and O–H groups in total. The van der Waals surface area contributed by atoms with Crippen molar-refractivity contribution in [1.29, 1.82) is 0 Å². The molecule has 1 fully saturated rings. The van der Waals surface area contributed by atoms with Crippen molar-refractivity contribution >= 4 is 40.4 Å². The van der Waals surface area contributed by atoms with Crippen molar-refractivity contribution in [1.82, 2.24) is 24.6 Å². The maximum absolute atomic E-state index is 14.0. The maximum atomic E-state index is 14.0. The zero-order chi connectivity index (χ0) is 35.1. The molecule has 3 heterocycles. The Hall–Kier alpha value is -5.00. The summed E-state index contributed by atoms with van der Waals surface area (Å²) in [5.41, 5.74) is 0.773. The Labute approximate surface area is 269 Å². The van der Waals surface area contributed by atoms with E-state index in [2.05, 4.69) is 35.9 Å². The summed E-state index contributed by atoms with van der Waals surface area (Å²) < 4.78 is 86.2. The highest BCUT2D eigenvalue weighted by atomic mass is 19.4. The van der Waals surface area contributed by atoms with Crippen LogP contribution >= 0.6 is 0 Å². The average molecular weight is 685 g/mol. The highest BCUT2D eigenvalue weighted by Crippen LogP contribution is 2.32. The summed E-state index contributed by atoms with van der Waals surface area (Å²) in [6, 6.07) is 7.60. The lowest BCUT2D eigenvalue weighted by atomic mass is 10.1. The zero-order valence-corrected chi connectivity index (χ0v) is 25.4. The minimum absolute atomic E-state index is 0.353. The fourth-order valence-electron chi connectivity index (χ4n) is 4.80. The second-order valence-electron chi connectivity index (χ2n) is 10.7. The minimum atomic E-state index is -5.08. The molecule has 1 aliphatic heterocycles. The molecular formula is C30H31F7N8O3. The number of aryl methyl sites for hydroxylation is 1. The first-order valence-corrected chi connectivity index (χ1v) is 14.6. The number of halogens is 7. The third-order valence-corrected chi connectivity index (χ3v) is 7.16. The van der Waals surface area contributed by atoms with Gasteiger partial charge >= 0.3 is 24.4 Å². The summed E-state index contributed by atoms with van der Waals surface area (Å²) in [4.78, 5) is 32.8. The lowest BCUT2D eigenvalue weighted by Crippen LogP contribution is -2.21. The number of urea groups is 1. The smallest absolute Gasteiger partial charge is 0.475 e. The van der Waals surface area contributed by atoms with Crippen LogP contribution in [-0.4, -0.2) is 74.1 Å². The van der Waals surface area contributed by atoms with Gasteiger partial charge in [-0.1, -0.05) is 12.1 Å². The van der Waals surface area contributed by atoms with Crippen LogP contribution in [0.25, 0.3) is 22.3 Å². The molecule has 0 aliphatic carbocycles. The van der Waals surface area contributed by atoms with Gasteiger partial charge in [-0.3, -0.25) is 0 Å². The second-order valence-corrected chi connectivity index (χ2v) is 10.7. The Morgan fingerprint density at radius 1 is 0.958 bits per heavy atom. The van der Waals surface area contributed by atoms with Gasteiger partial charge in [0.1, 0.15) is 11.5 Å². The average Bonchev–Trinajstić information content (AvgIpc) is 3.65. The van der Waals surface area contributed by atoms with E-state index in [9.17, 15) is 35.5 Å². The van der Waals surface area contributed by atoms with Crippen LogP contribution in [0.3, 0.4) is 0 Å². The first kappa shape index (κ1) is 35.8. The quantitative estimate of drug-likeness (QED) is 0.112. The molecule has 2 aromatic carbocycles. The summed E-state index contributed by atoms with van der Waals surface area (Å²) in [7, 11) is 1.80. The van der Waals surface area contributed by atoms with Crippen molar-refractivity contribution in [2.75, 3.05) is 42.1 Å². The van der Waals surface area contributed by atoms with Crippen LogP contribution in [0.2, 0.25) is 0 Å². The number of carboxylic acids is 1. The number of carbonyl (C=O) groups excluding carboxylic acids is 1. The van der Waals surface area contributed by atoms with Crippen LogP contribution in [0.1, 0.15) is 31.2 Å². The number of hydrogen-bond donors (Lipinski definition) is 4. The van der Waals surface area contributed by atoms with E-state index >= 15 is 0 Å². The molecule has 2 aromatic heterocycles. The Morgan fingerprint density at radius 2 is 1.62 bits per heavy atom. The molecular weight excluding hydrogens is 653 g/mol. The van der Waals surface area contributed by atoms with Gasteiger partial charge in [0.2, 0.25) is 5.95 Å². The number of benzene rings is 2. The fraction of sp³-hybridized carbons (Fsp3) is 0.367. The van der Waals surface area contributed by atoms with E-state index in [0.29, 0.717) is 41.2 Å². The third kappa shape index (κ3) is 9.76. The van der Waals surface area contributed by atoms with Crippen molar-refractivity contribution in [2.24, 2.45) is 7.05 Å². The van der Waals surface area contributed by atoms with Gasteiger partial charge in [0.05, 0.1) is 16.6 Å². The number of aromatic nitrogens is 4. The monoisotopic (exact) mass is 684 g/mol. The van der Waals surface area contributed by atoms with Gasteiger partial charge in [0, 0.05) is 31.0 Å². The fourth-order valence-corrected chi connectivity index (χ4v) is 4.80. The molecule has 258 valence electrons. The first-order chi connectivity index (χ1) is 22.6. The molecule has 0 atom stereocenters. The SMILES string of the molecule is Cn1nc(-c2ccc(NC(=O)Nc3cc(C(F)(F)F)ccc3F)cc2)c2cnc(NCCCCN3CCCC3)nc21.O=C(O)C(F)(F)F. The second kappa shape index (κ2) is 15.3. The summed E-state index contributed by atoms with van der Waals surface area (Å²) in [6.45, 7) is 4.32. The number of unbranched alkanes of at least 4 members (excludes halogenated alkanes) is 1. The Morgan fingerprint density at radius 3 is 2.25 bits per heavy atom. The van der Waals surface area contributed by atoms with Crippen molar-refractivity contribution < 1.29 is 45.4 Å². The minimum Gasteiger partial charge on any atom is -0.475 e. The number of carbonyl (C=O) groups is 2. The van der Waals surface area contributed by atoms with Crippen molar-refractivity contribution in [3.05, 3.63) is 60.0 Å². The normalized spacial score (nSPS) is 13.6. The number of fused-ring (bicyclic) bond motifs is 1. The lowest BCUT2D eigenvalue weighted by molar-refractivity contribution is -0.192. The molecule has 48 heavy (non-hydrogen) atoms. The maximum Gasteiger partial charge on any atom is 0.490 e. The highest BCUT2D eigenvalue weighted by Gasteiger charge is 2.38. The van der Waals surface area contributed by atoms with E-state index in [-0.39, 0.29) is 0 Å². The largest absolute Gasteiger partial charge is 0.490 e. The van der Waals surface area contributed by atoms with Gasteiger partial charge in [-0.25, -0.2) is 23.6 Å². The number of nitrogens with zero attached hydrogens (tertiary/aromatic N) is 5. The number of hydrogen-bond acceptors (Lipinski definition) is 7. The standard InChI is InChI=1S/C28H30F4N8O.C2HF3O2/c1-39-25-21(17-34-26(37-25)33-12-2-3-13-40-14-4-5-15-40)24(38-39)18-6-9-20(10-7-18)35-27(41)36-23-16-19(28(30,31)32)8-11-22(23)29;3-2(4,5)1(6)7/h6-11,16-17H,2-5,12-15H2,1H3,(H,33,34,37)(H2,35,36,41);(H,6,7). The summed E-state index contributed by atoms with van der Waals surface area (Å²) in [5.74, 6) is -3.20. The van der Waals surface area contributed by atoms with Gasteiger partial charge in [0.15, 0.2) is 5.65 Å². The molecule has 4 aromatic rings. The van der Waals surface area contributed by atoms with E-state index < -0.39 is 41.4 Å². The molecule has 0 spiro atoms. The number of carboxylic acid groups (broad SMARTS) is 1. The van der Waals surface area contributed by atoms with Crippen molar-refractivity contribution in [2.45, 2.75) is 38.0 Å². The predicted octanol–water partition coefficient (Wildman–Crippen LogP) is 6.75. The van der Waals surface area contributed by atoms with Gasteiger partial charge in [0.25, 0.3) is 0 Å². The van der Waals surface area contributed by atoms with E-state index in [4.69, 9.17) is 9.90 Å². The van der Waals surface area contributed by atoms with Gasteiger partial charge in [-0.2, -0.15) is 36.4 Å². The zero-order valence-electron chi connectivity index (χ0n) is 25.4. The highest BCUT2D eigenvalue weighted by molar-refractivity contribution is 6.00. The molecule has 2 amide bonds. The predicted molar refractivity (Wildman–Crippen MR) is 163 cm³/mol. The van der Waals surface area contributed by atoms with Crippen LogP contribution in [0.4, 0.5) is 52.9 Å². The molecule has 18 heteroatoms. The van der Waals surface area contributed by atoms with E-state index in [1.165, 1.54) is 25.9 Å². The van der Waals surface area contributed by atoms with Crippen LogP contribution in [0.15, 0.2) is 48.7 Å². The van der Waals surface area contributed by atoms with Crippen molar-refractivity contribution in [3.8, 4) is 11.3 Å². The molecule has 0 unspecified atom stereocenters. The number of rotatable bonds is 9. The van der Waals surface area contributed by atoms with E-state index in [1.807, 2.05) is 0 Å². The number of nitrogens with one attached hydrogen (secondary N) is 3. The van der Waals surface area contributed by atoms with Crippen LogP contribution in [0.5, 0.6) is 0 Å². The molecule has 0 bridgehead atoms. The summed E-state index contributed by atoms with van der Waals surface area (Å²) in [5, 5.41) is 20.4. The molecule has 1 saturated heterocycles. The van der Waals surface area contributed by atoms with Gasteiger partial charge < -0.3 is 26.0 Å².